The van der Waals surface area contributed by atoms with Crippen molar-refractivity contribution in [3.63, 3.8) is 0 Å². The van der Waals surface area contributed by atoms with E-state index in [-0.39, 0.29) is 30.9 Å². The van der Waals surface area contributed by atoms with Crippen LogP contribution in [0.5, 0.6) is 0 Å². The van der Waals surface area contributed by atoms with Crippen LogP contribution in [0.3, 0.4) is 0 Å². The Morgan fingerprint density at radius 3 is 2.39 bits per heavy atom. The van der Waals surface area contributed by atoms with Crippen molar-refractivity contribution in [2.75, 3.05) is 13.7 Å². The molecule has 33 heavy (non-hydrogen) atoms. The van der Waals surface area contributed by atoms with Gasteiger partial charge >= 0.3 is 17.9 Å². The van der Waals surface area contributed by atoms with Crippen LogP contribution in [0, 0.1) is 22.2 Å². The number of benzene rings is 1. The van der Waals surface area contributed by atoms with Gasteiger partial charge in [-0.1, -0.05) is 43.1 Å². The monoisotopic (exact) mass is 495 g/mol. The van der Waals surface area contributed by atoms with Gasteiger partial charge in [0, 0.05) is 18.3 Å². The minimum Gasteiger partial charge on any atom is -0.469 e. The molecule has 9 heteroatoms. The van der Waals surface area contributed by atoms with E-state index in [0.717, 1.165) is 0 Å². The molecule has 0 spiro atoms. The van der Waals surface area contributed by atoms with Crippen molar-refractivity contribution in [3.05, 3.63) is 33.8 Å². The second kappa shape index (κ2) is 8.81. The van der Waals surface area contributed by atoms with Crippen molar-refractivity contribution in [2.45, 2.75) is 63.9 Å². The van der Waals surface area contributed by atoms with Gasteiger partial charge in [0.15, 0.2) is 0 Å². The maximum atomic E-state index is 13.2. The van der Waals surface area contributed by atoms with Gasteiger partial charge in [0.1, 0.15) is 0 Å². The Hall–Kier alpha value is -2.30. The van der Waals surface area contributed by atoms with E-state index in [1.807, 2.05) is 20.8 Å². The first-order valence-electron chi connectivity index (χ1n) is 10.7. The van der Waals surface area contributed by atoms with Crippen LogP contribution in [0.2, 0.25) is 10.0 Å². The summed E-state index contributed by atoms with van der Waals surface area (Å²) in [6.45, 7) is 5.39. The van der Waals surface area contributed by atoms with E-state index in [1.54, 1.807) is 18.2 Å². The highest BCUT2D eigenvalue weighted by molar-refractivity contribution is 6.42. The van der Waals surface area contributed by atoms with Crippen LogP contribution in [0.4, 0.5) is 0 Å². The maximum Gasteiger partial charge on any atom is 0.351 e. The Kier molecular flexibility index (Phi) is 6.76. The van der Waals surface area contributed by atoms with Crippen molar-refractivity contribution in [3.8, 4) is 6.07 Å². The Morgan fingerprint density at radius 2 is 1.88 bits per heavy atom. The van der Waals surface area contributed by atoms with Crippen LogP contribution in [0.1, 0.15) is 58.4 Å². The van der Waals surface area contributed by atoms with E-state index in [4.69, 9.17) is 37.4 Å². The van der Waals surface area contributed by atoms with Gasteiger partial charge in [0.25, 0.3) is 0 Å². The number of hydrogen-bond acceptors (Lipinski definition) is 7. The molecule has 1 saturated carbocycles. The molecule has 1 saturated heterocycles. The van der Waals surface area contributed by atoms with E-state index in [9.17, 15) is 19.6 Å². The zero-order chi connectivity index (χ0) is 24.7. The highest BCUT2D eigenvalue weighted by Gasteiger charge is 2.76. The smallest absolute Gasteiger partial charge is 0.351 e. The van der Waals surface area contributed by atoms with Gasteiger partial charge in [-0.25, -0.2) is 4.79 Å². The molecule has 0 N–H and O–H groups in total. The molecule has 1 aromatic carbocycles. The van der Waals surface area contributed by atoms with Crippen molar-refractivity contribution in [2.24, 2.45) is 10.8 Å². The highest BCUT2D eigenvalue weighted by atomic mass is 35.5. The number of nitrogens with zero attached hydrogens (tertiary/aromatic N) is 1. The second-order valence-electron chi connectivity index (χ2n) is 9.46. The third kappa shape index (κ3) is 3.87. The van der Waals surface area contributed by atoms with Crippen LogP contribution in [0.15, 0.2) is 18.2 Å². The molecular weight excluding hydrogens is 469 g/mol. The standard InChI is InChI=1S/C24H27Cl2NO6/c1-21(2)22(3)9-10-24(21,33-19(22)29)20(30)32-12-11-23(14-27,8-7-18(28)31-4)15-5-6-16(25)17(26)13-15/h5-6,13H,7-12H2,1-4H3/t22-,23+,24+/m0/s1. The highest BCUT2D eigenvalue weighted by Crippen LogP contribution is 2.65. The number of rotatable bonds is 8. The molecule has 1 heterocycles. The van der Waals surface area contributed by atoms with E-state index >= 15 is 0 Å². The summed E-state index contributed by atoms with van der Waals surface area (Å²) >= 11 is 12.2. The van der Waals surface area contributed by atoms with Crippen molar-refractivity contribution < 1.29 is 28.6 Å². The number of ether oxygens (including phenoxy) is 3. The molecule has 0 unspecified atom stereocenters. The third-order valence-corrected chi connectivity index (χ3v) is 8.58. The fraction of sp³-hybridized carbons (Fsp3) is 0.583. The summed E-state index contributed by atoms with van der Waals surface area (Å²) in [5.74, 6) is -1.47. The SMILES string of the molecule is COC(=O)CC[C@](C#N)(CCOC(=O)[C@@]12CC[C@@](C)(C(=O)O1)C2(C)C)c1ccc(Cl)c(Cl)c1. The summed E-state index contributed by atoms with van der Waals surface area (Å²) in [5.41, 5.74) is -3.44. The average molecular weight is 496 g/mol. The predicted octanol–water partition coefficient (Wildman–Crippen LogP) is 4.76. The van der Waals surface area contributed by atoms with Gasteiger partial charge in [-0.3, -0.25) is 9.59 Å². The van der Waals surface area contributed by atoms with Crippen molar-refractivity contribution in [1.29, 1.82) is 5.26 Å². The molecule has 0 radical (unpaired) electrons. The number of nitriles is 1. The van der Waals surface area contributed by atoms with Crippen molar-refractivity contribution in [1.82, 2.24) is 0 Å². The summed E-state index contributed by atoms with van der Waals surface area (Å²) in [5, 5.41) is 10.7. The van der Waals surface area contributed by atoms with Crippen LogP contribution in [-0.4, -0.2) is 37.2 Å². The zero-order valence-electron chi connectivity index (χ0n) is 19.1. The first-order chi connectivity index (χ1) is 15.4. The molecule has 0 aromatic heterocycles. The first-order valence-corrected chi connectivity index (χ1v) is 11.5. The number of methoxy groups -OCH3 is 1. The normalized spacial score (nSPS) is 26.8. The van der Waals surface area contributed by atoms with Crippen LogP contribution in [-0.2, 0) is 34.0 Å². The molecule has 1 aliphatic heterocycles. The summed E-state index contributed by atoms with van der Waals surface area (Å²) in [6.07, 6.45) is 1.16. The van der Waals surface area contributed by atoms with Gasteiger partial charge in [0.05, 0.1) is 40.7 Å². The second-order valence-corrected chi connectivity index (χ2v) is 10.3. The van der Waals surface area contributed by atoms with E-state index in [1.165, 1.54) is 7.11 Å². The summed E-state index contributed by atoms with van der Waals surface area (Å²) < 4.78 is 15.9. The van der Waals surface area contributed by atoms with Gasteiger partial charge < -0.3 is 14.2 Å². The molecule has 2 fully saturated rings. The largest absolute Gasteiger partial charge is 0.469 e. The minimum absolute atomic E-state index is 0.00874. The lowest BCUT2D eigenvalue weighted by atomic mass is 9.66. The molecule has 0 amide bonds. The predicted molar refractivity (Wildman–Crippen MR) is 121 cm³/mol. The molecule has 2 aliphatic rings. The molecule has 3 atom stereocenters. The Balaban J connectivity index is 1.81. The number of fused-ring (bicyclic) bond motifs is 2. The van der Waals surface area contributed by atoms with Gasteiger partial charge in [0.2, 0.25) is 5.60 Å². The van der Waals surface area contributed by atoms with Gasteiger partial charge in [-0.2, -0.15) is 5.26 Å². The van der Waals surface area contributed by atoms with Gasteiger partial charge in [-0.15, -0.1) is 0 Å². The van der Waals surface area contributed by atoms with E-state index in [2.05, 4.69) is 6.07 Å². The topological polar surface area (TPSA) is 103 Å². The first kappa shape index (κ1) is 25.3. The molecule has 1 aromatic rings. The fourth-order valence-corrected chi connectivity index (χ4v) is 5.24. The lowest BCUT2D eigenvalue weighted by molar-refractivity contribution is -0.183. The molecule has 7 nitrogen and oxygen atoms in total. The van der Waals surface area contributed by atoms with E-state index in [0.29, 0.717) is 23.4 Å². The summed E-state index contributed by atoms with van der Waals surface area (Å²) in [6, 6.07) is 7.10. The Bertz CT molecular complexity index is 1030. The lowest BCUT2D eigenvalue weighted by Crippen LogP contribution is -2.49. The lowest BCUT2D eigenvalue weighted by Gasteiger charge is -2.35. The quantitative estimate of drug-likeness (QED) is 0.378. The Morgan fingerprint density at radius 1 is 1.18 bits per heavy atom. The average Bonchev–Trinajstić information content (AvgIpc) is 3.08. The number of carbonyl (C=O) groups is 3. The third-order valence-electron chi connectivity index (χ3n) is 7.85. The minimum atomic E-state index is -1.34. The van der Waals surface area contributed by atoms with Gasteiger partial charge in [-0.05, 0) is 43.9 Å². The molecular formula is C24H27Cl2NO6. The van der Waals surface area contributed by atoms with Crippen LogP contribution in [0.25, 0.3) is 0 Å². The fourth-order valence-electron chi connectivity index (χ4n) is 4.94. The summed E-state index contributed by atoms with van der Waals surface area (Å²) in [4.78, 5) is 37.4. The Labute approximate surface area is 203 Å². The molecule has 178 valence electrons. The van der Waals surface area contributed by atoms with Crippen molar-refractivity contribution >= 4 is 41.1 Å². The number of esters is 3. The summed E-state index contributed by atoms with van der Waals surface area (Å²) in [7, 11) is 1.27. The number of carbonyl (C=O) groups excluding carboxylic acids is 3. The van der Waals surface area contributed by atoms with E-state index < -0.39 is 39.8 Å². The number of halogens is 2. The maximum absolute atomic E-state index is 13.2. The van der Waals surface area contributed by atoms with Crippen LogP contribution < -0.4 is 0 Å². The molecule has 2 bridgehead atoms. The van der Waals surface area contributed by atoms with Crippen LogP contribution >= 0.6 is 23.2 Å². The zero-order valence-corrected chi connectivity index (χ0v) is 20.6. The molecule has 3 rings (SSSR count). The molecule has 1 aliphatic carbocycles. The number of hydrogen-bond donors (Lipinski definition) is 0.